The van der Waals surface area contributed by atoms with Gasteiger partial charge in [-0.15, -0.1) is 0 Å². The van der Waals surface area contributed by atoms with Gasteiger partial charge in [-0.05, 0) is 36.2 Å². The monoisotopic (exact) mass is 461 g/mol. The third-order valence-corrected chi connectivity index (χ3v) is 5.34. The van der Waals surface area contributed by atoms with Crippen molar-refractivity contribution in [2.75, 3.05) is 67.8 Å². The number of nitrogens with two attached hydrogens (primary N) is 1. The minimum atomic E-state index is -4.44. The molecule has 0 radical (unpaired) electrons. The average molecular weight is 461 g/mol. The van der Waals surface area contributed by atoms with Crippen molar-refractivity contribution in [3.8, 4) is 0 Å². The molecule has 2 aromatic heterocycles. The molecule has 0 saturated carbocycles. The number of nitrogen functional groups attached to an aromatic ring is 1. The Hall–Kier alpha value is -3.34. The molecule has 1 aliphatic rings. The third kappa shape index (κ3) is 5.36. The molecule has 1 saturated heterocycles. The Labute approximate surface area is 189 Å². The highest BCUT2D eigenvalue weighted by Crippen LogP contribution is 2.31. The molecule has 1 fully saturated rings. The van der Waals surface area contributed by atoms with Gasteiger partial charge in [-0.2, -0.15) is 18.2 Å². The summed E-state index contributed by atoms with van der Waals surface area (Å²) in [5, 5.41) is 4.06. The summed E-state index contributed by atoms with van der Waals surface area (Å²) in [6.45, 7) is 3.14. The van der Waals surface area contributed by atoms with E-state index in [-0.39, 0.29) is 5.69 Å². The summed E-state index contributed by atoms with van der Waals surface area (Å²) in [5.41, 5.74) is 6.20. The molecule has 0 atom stereocenters. The summed E-state index contributed by atoms with van der Waals surface area (Å²) in [6.07, 6.45) is -2.38. The highest BCUT2D eigenvalue weighted by molar-refractivity contribution is 5.91. The SMILES string of the molecule is CN(C)c1nc(NCCc2cc(N)cc(C(F)(F)F)c2)c2cc(N3CCOCC3)ncc2n1. The maximum atomic E-state index is 13.1. The van der Waals surface area contributed by atoms with E-state index in [9.17, 15) is 13.2 Å². The normalized spacial score (nSPS) is 14.5. The van der Waals surface area contributed by atoms with Crippen LogP contribution in [0.1, 0.15) is 11.1 Å². The first-order valence-electron chi connectivity index (χ1n) is 10.6. The standard InChI is InChI=1S/C22H26F3N7O/c1-31(2)21-29-18-13-28-19(32-5-7-33-8-6-32)12-17(18)20(30-21)27-4-3-14-9-15(22(23,24)25)11-16(26)10-14/h9-13H,3-8,26H2,1-2H3,(H,27,29,30). The van der Waals surface area contributed by atoms with E-state index in [0.29, 0.717) is 49.0 Å². The highest BCUT2D eigenvalue weighted by atomic mass is 19.4. The number of halogens is 3. The zero-order valence-electron chi connectivity index (χ0n) is 18.5. The summed E-state index contributed by atoms with van der Waals surface area (Å²) < 4.78 is 44.7. The molecule has 3 heterocycles. The lowest BCUT2D eigenvalue weighted by Crippen LogP contribution is -2.36. The van der Waals surface area contributed by atoms with E-state index < -0.39 is 11.7 Å². The molecule has 8 nitrogen and oxygen atoms in total. The van der Waals surface area contributed by atoms with E-state index in [2.05, 4.69) is 25.2 Å². The fourth-order valence-electron chi connectivity index (χ4n) is 3.66. The summed E-state index contributed by atoms with van der Waals surface area (Å²) in [7, 11) is 3.68. The third-order valence-electron chi connectivity index (χ3n) is 5.34. The van der Waals surface area contributed by atoms with Gasteiger partial charge in [0.2, 0.25) is 5.95 Å². The Bertz CT molecular complexity index is 1130. The number of nitrogens with one attached hydrogen (secondary N) is 1. The number of morpholine rings is 1. The van der Waals surface area contributed by atoms with Gasteiger partial charge in [0.25, 0.3) is 0 Å². The summed E-state index contributed by atoms with van der Waals surface area (Å²) in [6, 6.07) is 5.56. The van der Waals surface area contributed by atoms with Gasteiger partial charge in [0.1, 0.15) is 11.6 Å². The minimum absolute atomic E-state index is 0.0865. The molecule has 0 bridgehead atoms. The largest absolute Gasteiger partial charge is 0.416 e. The minimum Gasteiger partial charge on any atom is -0.399 e. The second-order valence-electron chi connectivity index (χ2n) is 8.06. The van der Waals surface area contributed by atoms with Gasteiger partial charge in [0.15, 0.2) is 0 Å². The number of nitrogens with zero attached hydrogens (tertiary/aromatic N) is 5. The van der Waals surface area contributed by atoms with Gasteiger partial charge in [-0.1, -0.05) is 0 Å². The number of aromatic nitrogens is 3. The summed E-state index contributed by atoms with van der Waals surface area (Å²) in [4.78, 5) is 17.7. The fraction of sp³-hybridized carbons (Fsp3) is 0.409. The van der Waals surface area contributed by atoms with Crippen molar-refractivity contribution in [2.45, 2.75) is 12.6 Å². The van der Waals surface area contributed by atoms with Crippen LogP contribution in [0, 0.1) is 0 Å². The summed E-state index contributed by atoms with van der Waals surface area (Å²) >= 11 is 0. The Morgan fingerprint density at radius 3 is 2.58 bits per heavy atom. The zero-order valence-corrected chi connectivity index (χ0v) is 18.5. The Morgan fingerprint density at radius 1 is 1.12 bits per heavy atom. The molecule has 0 amide bonds. The number of benzene rings is 1. The molecular formula is C22H26F3N7O. The Morgan fingerprint density at radius 2 is 1.88 bits per heavy atom. The van der Waals surface area contributed by atoms with Gasteiger partial charge < -0.3 is 25.6 Å². The number of rotatable bonds is 6. The molecule has 0 aliphatic carbocycles. The first-order valence-corrected chi connectivity index (χ1v) is 10.6. The van der Waals surface area contributed by atoms with Crippen molar-refractivity contribution in [1.29, 1.82) is 0 Å². The van der Waals surface area contributed by atoms with Gasteiger partial charge in [-0.3, -0.25) is 0 Å². The molecular weight excluding hydrogens is 435 g/mol. The van der Waals surface area contributed by atoms with E-state index in [1.807, 2.05) is 20.2 Å². The van der Waals surface area contributed by atoms with Crippen molar-refractivity contribution in [3.05, 3.63) is 41.6 Å². The van der Waals surface area contributed by atoms with Crippen LogP contribution < -0.4 is 20.9 Å². The molecule has 11 heteroatoms. The summed E-state index contributed by atoms with van der Waals surface area (Å²) in [5.74, 6) is 1.91. The number of alkyl halides is 3. The number of hydrogen-bond acceptors (Lipinski definition) is 8. The molecule has 33 heavy (non-hydrogen) atoms. The van der Waals surface area contributed by atoms with E-state index in [4.69, 9.17) is 10.5 Å². The van der Waals surface area contributed by atoms with Crippen LogP contribution in [0.3, 0.4) is 0 Å². The van der Waals surface area contributed by atoms with Crippen LogP contribution in [0.15, 0.2) is 30.5 Å². The first kappa shape index (κ1) is 22.8. The maximum absolute atomic E-state index is 13.1. The van der Waals surface area contributed by atoms with Crippen LogP contribution in [-0.4, -0.2) is 61.9 Å². The number of anilines is 4. The molecule has 0 spiro atoms. The predicted octanol–water partition coefficient (Wildman–Crippen LogP) is 3.18. The van der Waals surface area contributed by atoms with Crippen LogP contribution in [0.4, 0.5) is 36.4 Å². The lowest BCUT2D eigenvalue weighted by Gasteiger charge is -2.28. The van der Waals surface area contributed by atoms with Crippen LogP contribution in [-0.2, 0) is 17.3 Å². The molecule has 4 rings (SSSR count). The van der Waals surface area contributed by atoms with E-state index in [1.165, 1.54) is 0 Å². The zero-order chi connectivity index (χ0) is 23.6. The Balaban J connectivity index is 1.59. The quantitative estimate of drug-likeness (QED) is 0.541. The van der Waals surface area contributed by atoms with Gasteiger partial charge in [0, 0.05) is 44.8 Å². The van der Waals surface area contributed by atoms with Crippen molar-refractivity contribution in [1.82, 2.24) is 15.0 Å². The van der Waals surface area contributed by atoms with Gasteiger partial charge in [-0.25, -0.2) is 9.97 Å². The van der Waals surface area contributed by atoms with Crippen molar-refractivity contribution in [3.63, 3.8) is 0 Å². The molecule has 0 unspecified atom stereocenters. The average Bonchev–Trinajstić information content (AvgIpc) is 2.78. The smallest absolute Gasteiger partial charge is 0.399 e. The molecule has 3 N–H and O–H groups in total. The number of ether oxygens (including phenoxy) is 1. The van der Waals surface area contributed by atoms with Crippen LogP contribution in [0.5, 0.6) is 0 Å². The first-order chi connectivity index (χ1) is 15.7. The maximum Gasteiger partial charge on any atom is 0.416 e. The number of pyridine rings is 1. The Kier molecular flexibility index (Phi) is 6.41. The molecule has 3 aromatic rings. The second-order valence-corrected chi connectivity index (χ2v) is 8.06. The van der Waals surface area contributed by atoms with Crippen LogP contribution >= 0.6 is 0 Å². The predicted molar refractivity (Wildman–Crippen MR) is 123 cm³/mol. The lowest BCUT2D eigenvalue weighted by atomic mass is 10.1. The van der Waals surface area contributed by atoms with Gasteiger partial charge >= 0.3 is 6.18 Å². The number of hydrogen-bond donors (Lipinski definition) is 2. The van der Waals surface area contributed by atoms with Crippen molar-refractivity contribution < 1.29 is 17.9 Å². The van der Waals surface area contributed by atoms with E-state index in [1.54, 1.807) is 17.2 Å². The van der Waals surface area contributed by atoms with E-state index >= 15 is 0 Å². The van der Waals surface area contributed by atoms with Crippen LogP contribution in [0.25, 0.3) is 10.9 Å². The van der Waals surface area contributed by atoms with Gasteiger partial charge in [0.05, 0.1) is 30.5 Å². The fourth-order valence-corrected chi connectivity index (χ4v) is 3.66. The van der Waals surface area contributed by atoms with Crippen LogP contribution in [0.2, 0.25) is 0 Å². The topological polar surface area (TPSA) is 92.4 Å². The van der Waals surface area contributed by atoms with E-state index in [0.717, 1.165) is 36.4 Å². The molecule has 1 aliphatic heterocycles. The lowest BCUT2D eigenvalue weighted by molar-refractivity contribution is -0.137. The second kappa shape index (κ2) is 9.26. The number of fused-ring (bicyclic) bond motifs is 1. The highest BCUT2D eigenvalue weighted by Gasteiger charge is 2.31. The molecule has 1 aromatic carbocycles. The van der Waals surface area contributed by atoms with Crippen molar-refractivity contribution >= 4 is 34.2 Å². The van der Waals surface area contributed by atoms with Crippen molar-refractivity contribution in [2.24, 2.45) is 0 Å². The molecule has 176 valence electrons.